The zero-order valence-electron chi connectivity index (χ0n) is 17.8. The van der Waals surface area contributed by atoms with Crippen LogP contribution in [0.5, 0.6) is 5.75 Å². The van der Waals surface area contributed by atoms with Crippen molar-refractivity contribution in [3.05, 3.63) is 66.1 Å². The van der Waals surface area contributed by atoms with E-state index in [0.29, 0.717) is 22.3 Å². The van der Waals surface area contributed by atoms with Crippen molar-refractivity contribution in [3.63, 3.8) is 0 Å². The van der Waals surface area contributed by atoms with Crippen molar-refractivity contribution in [2.24, 2.45) is 0 Å². The van der Waals surface area contributed by atoms with Gasteiger partial charge in [0.15, 0.2) is 5.13 Å². The molecule has 1 heterocycles. The van der Waals surface area contributed by atoms with E-state index in [9.17, 15) is 14.4 Å². The fourth-order valence-corrected chi connectivity index (χ4v) is 4.39. The Bertz CT molecular complexity index is 1190. The molecule has 1 atom stereocenters. The van der Waals surface area contributed by atoms with E-state index in [1.165, 1.54) is 23.1 Å². The van der Waals surface area contributed by atoms with E-state index in [2.05, 4.69) is 15.6 Å². The SMILES string of the molecule is COc1ccccc1-c1csc(NC(=O)C(C)Sc2cccc(NC(=O)/C=C/C(=O)O)c2)n1. The topological polar surface area (TPSA) is 118 Å². The van der Waals surface area contributed by atoms with Crippen LogP contribution >= 0.6 is 23.1 Å². The number of carboxylic acids is 1. The molecule has 0 bridgehead atoms. The number of para-hydroxylation sites is 1. The summed E-state index contributed by atoms with van der Waals surface area (Å²) in [5, 5.41) is 15.9. The van der Waals surface area contributed by atoms with Crippen molar-refractivity contribution in [1.82, 2.24) is 4.98 Å². The highest BCUT2D eigenvalue weighted by Gasteiger charge is 2.17. The fourth-order valence-electron chi connectivity index (χ4n) is 2.75. The van der Waals surface area contributed by atoms with Crippen LogP contribution in [0.2, 0.25) is 0 Å². The Morgan fingerprint density at radius 2 is 1.91 bits per heavy atom. The lowest BCUT2D eigenvalue weighted by atomic mass is 10.1. The first-order valence-corrected chi connectivity index (χ1v) is 11.5. The summed E-state index contributed by atoms with van der Waals surface area (Å²) in [6.45, 7) is 1.77. The molecule has 3 N–H and O–H groups in total. The van der Waals surface area contributed by atoms with Gasteiger partial charge in [0.1, 0.15) is 5.75 Å². The third-order valence-electron chi connectivity index (χ3n) is 4.28. The van der Waals surface area contributed by atoms with Crippen molar-refractivity contribution in [2.45, 2.75) is 17.1 Å². The Morgan fingerprint density at radius 3 is 2.67 bits per heavy atom. The van der Waals surface area contributed by atoms with Gasteiger partial charge in [0.05, 0.1) is 18.1 Å². The summed E-state index contributed by atoms with van der Waals surface area (Å²) in [5.74, 6) is -1.26. The van der Waals surface area contributed by atoms with E-state index in [1.807, 2.05) is 35.7 Å². The van der Waals surface area contributed by atoms with Gasteiger partial charge >= 0.3 is 5.97 Å². The van der Waals surface area contributed by atoms with Crippen molar-refractivity contribution in [3.8, 4) is 17.0 Å². The minimum Gasteiger partial charge on any atom is -0.496 e. The van der Waals surface area contributed by atoms with E-state index in [1.54, 1.807) is 32.2 Å². The standard InChI is InChI=1S/C23H21N3O5S2/c1-14(33-16-7-5-6-15(12-16)24-20(27)10-11-21(28)29)22(30)26-23-25-18(13-32-23)17-8-3-4-9-19(17)31-2/h3-14H,1-2H3,(H,24,27)(H,28,29)(H,25,26,30)/b11-10+. The number of ether oxygens (including phenoxy) is 1. The lowest BCUT2D eigenvalue weighted by molar-refractivity contribution is -0.131. The number of nitrogens with zero attached hydrogens (tertiary/aromatic N) is 1. The van der Waals surface area contributed by atoms with Gasteiger partial charge in [-0.3, -0.25) is 9.59 Å². The average Bonchev–Trinajstić information content (AvgIpc) is 3.26. The Kier molecular flexibility index (Phi) is 8.22. The molecule has 0 aliphatic heterocycles. The quantitative estimate of drug-likeness (QED) is 0.303. The van der Waals surface area contributed by atoms with Crippen molar-refractivity contribution in [2.75, 3.05) is 17.7 Å². The minimum atomic E-state index is -1.20. The van der Waals surface area contributed by atoms with Gasteiger partial charge in [0, 0.05) is 33.7 Å². The van der Waals surface area contributed by atoms with Gasteiger partial charge in [-0.1, -0.05) is 18.2 Å². The summed E-state index contributed by atoms with van der Waals surface area (Å²) in [4.78, 5) is 40.2. The number of carboxylic acid groups (broad SMARTS) is 1. The molecule has 0 radical (unpaired) electrons. The summed E-state index contributed by atoms with van der Waals surface area (Å²) in [6, 6.07) is 14.5. The Labute approximate surface area is 198 Å². The molecule has 3 aromatic rings. The summed E-state index contributed by atoms with van der Waals surface area (Å²) < 4.78 is 5.37. The zero-order chi connectivity index (χ0) is 23.8. The number of methoxy groups -OCH3 is 1. The predicted octanol–water partition coefficient (Wildman–Crippen LogP) is 4.52. The first kappa shape index (κ1) is 24.0. The molecule has 0 aliphatic carbocycles. The second kappa shape index (κ2) is 11.3. The number of aliphatic carboxylic acids is 1. The maximum absolute atomic E-state index is 12.7. The molecule has 33 heavy (non-hydrogen) atoms. The van der Waals surface area contributed by atoms with Crippen LogP contribution in [0.25, 0.3) is 11.3 Å². The Hall–Kier alpha value is -3.63. The monoisotopic (exact) mass is 483 g/mol. The number of nitrogens with one attached hydrogen (secondary N) is 2. The normalized spacial score (nSPS) is 11.7. The third-order valence-corrected chi connectivity index (χ3v) is 6.13. The van der Waals surface area contributed by atoms with E-state index < -0.39 is 17.1 Å². The van der Waals surface area contributed by atoms with Crippen LogP contribution in [0.15, 0.2) is 71.0 Å². The van der Waals surface area contributed by atoms with E-state index in [-0.39, 0.29) is 5.91 Å². The number of aromatic nitrogens is 1. The molecule has 2 aromatic carbocycles. The van der Waals surface area contributed by atoms with Gasteiger partial charge in [0.2, 0.25) is 11.8 Å². The number of hydrogen-bond acceptors (Lipinski definition) is 7. The summed E-state index contributed by atoms with van der Waals surface area (Å²) in [7, 11) is 1.60. The molecular weight excluding hydrogens is 462 g/mol. The predicted molar refractivity (Wildman–Crippen MR) is 130 cm³/mol. The van der Waals surface area contributed by atoms with Crippen LogP contribution in [-0.4, -0.2) is 40.2 Å². The highest BCUT2D eigenvalue weighted by Crippen LogP contribution is 2.32. The smallest absolute Gasteiger partial charge is 0.328 e. The van der Waals surface area contributed by atoms with Crippen molar-refractivity contribution < 1.29 is 24.2 Å². The molecule has 1 unspecified atom stereocenters. The molecule has 0 aliphatic rings. The van der Waals surface area contributed by atoms with E-state index in [4.69, 9.17) is 9.84 Å². The number of carbonyl (C=O) groups excluding carboxylic acids is 2. The minimum absolute atomic E-state index is 0.209. The fraction of sp³-hybridized carbons (Fsp3) is 0.130. The number of hydrogen-bond donors (Lipinski definition) is 3. The third kappa shape index (κ3) is 6.93. The number of benzene rings is 2. The number of thioether (sulfide) groups is 1. The van der Waals surface area contributed by atoms with Gasteiger partial charge in [-0.05, 0) is 37.3 Å². The summed E-state index contributed by atoms with van der Waals surface area (Å²) >= 11 is 2.65. The number of carbonyl (C=O) groups is 3. The van der Waals surface area contributed by atoms with Gasteiger partial charge < -0.3 is 20.5 Å². The van der Waals surface area contributed by atoms with Crippen LogP contribution in [0.3, 0.4) is 0 Å². The second-order valence-corrected chi connectivity index (χ2v) is 8.95. The van der Waals surface area contributed by atoms with Crippen LogP contribution in [-0.2, 0) is 14.4 Å². The maximum Gasteiger partial charge on any atom is 0.328 e. The Balaban J connectivity index is 1.61. The average molecular weight is 484 g/mol. The van der Waals surface area contributed by atoms with Gasteiger partial charge in [-0.2, -0.15) is 0 Å². The highest BCUT2D eigenvalue weighted by atomic mass is 32.2. The molecule has 2 amide bonds. The summed E-state index contributed by atoms with van der Waals surface area (Å²) in [5.41, 5.74) is 2.05. The molecule has 10 heteroatoms. The lowest BCUT2D eigenvalue weighted by Crippen LogP contribution is -2.22. The zero-order valence-corrected chi connectivity index (χ0v) is 19.4. The molecule has 0 saturated heterocycles. The molecule has 1 aromatic heterocycles. The Morgan fingerprint density at radius 1 is 1.12 bits per heavy atom. The molecule has 0 saturated carbocycles. The van der Waals surface area contributed by atoms with Gasteiger partial charge in [-0.25, -0.2) is 9.78 Å². The van der Waals surface area contributed by atoms with Crippen LogP contribution in [0.4, 0.5) is 10.8 Å². The molecular formula is C23H21N3O5S2. The number of anilines is 2. The first-order valence-electron chi connectivity index (χ1n) is 9.74. The highest BCUT2D eigenvalue weighted by molar-refractivity contribution is 8.00. The molecule has 0 spiro atoms. The number of thiazole rings is 1. The summed E-state index contributed by atoms with van der Waals surface area (Å²) in [6.07, 6.45) is 1.70. The van der Waals surface area contributed by atoms with E-state index >= 15 is 0 Å². The van der Waals surface area contributed by atoms with E-state index in [0.717, 1.165) is 22.6 Å². The largest absolute Gasteiger partial charge is 0.496 e. The van der Waals surface area contributed by atoms with Crippen molar-refractivity contribution >= 4 is 51.7 Å². The van der Waals surface area contributed by atoms with Gasteiger partial charge in [-0.15, -0.1) is 23.1 Å². The molecule has 0 fully saturated rings. The maximum atomic E-state index is 12.7. The molecule has 3 rings (SSSR count). The first-order chi connectivity index (χ1) is 15.9. The van der Waals surface area contributed by atoms with Crippen LogP contribution in [0.1, 0.15) is 6.92 Å². The molecule has 170 valence electrons. The molecule has 8 nitrogen and oxygen atoms in total. The number of rotatable bonds is 9. The van der Waals surface area contributed by atoms with Crippen molar-refractivity contribution in [1.29, 1.82) is 0 Å². The van der Waals surface area contributed by atoms with Gasteiger partial charge in [0.25, 0.3) is 0 Å². The number of amides is 2. The van der Waals surface area contributed by atoms with Crippen LogP contribution in [0, 0.1) is 0 Å². The lowest BCUT2D eigenvalue weighted by Gasteiger charge is -2.11. The second-order valence-electron chi connectivity index (χ2n) is 6.68. The van der Waals surface area contributed by atoms with Crippen LogP contribution < -0.4 is 15.4 Å².